The SMILES string of the molecule is CS(=O)(=O)CCCC(O)c1ccoc1Cl. The summed E-state index contributed by atoms with van der Waals surface area (Å²) in [5.74, 6) is 0.0690. The number of furan rings is 1. The van der Waals surface area contributed by atoms with E-state index >= 15 is 0 Å². The van der Waals surface area contributed by atoms with Crippen molar-refractivity contribution in [3.05, 3.63) is 23.1 Å². The Morgan fingerprint density at radius 2 is 2.27 bits per heavy atom. The number of hydrogen-bond donors (Lipinski definition) is 1. The highest BCUT2D eigenvalue weighted by atomic mass is 35.5. The highest BCUT2D eigenvalue weighted by Crippen LogP contribution is 2.26. The van der Waals surface area contributed by atoms with Gasteiger partial charge in [-0.3, -0.25) is 0 Å². The van der Waals surface area contributed by atoms with E-state index < -0.39 is 15.9 Å². The van der Waals surface area contributed by atoms with Crippen molar-refractivity contribution < 1.29 is 17.9 Å². The summed E-state index contributed by atoms with van der Waals surface area (Å²) in [5, 5.41) is 9.80. The van der Waals surface area contributed by atoms with E-state index in [0.717, 1.165) is 0 Å². The zero-order chi connectivity index (χ0) is 11.5. The Bertz CT molecular complexity index is 410. The number of hydrogen-bond acceptors (Lipinski definition) is 4. The van der Waals surface area contributed by atoms with Gasteiger partial charge in [0.1, 0.15) is 9.84 Å². The third-order valence-corrected chi connectivity index (χ3v) is 3.34. The molecule has 1 unspecified atom stereocenters. The molecule has 0 radical (unpaired) electrons. The van der Waals surface area contributed by atoms with E-state index in [0.29, 0.717) is 18.4 Å². The van der Waals surface area contributed by atoms with Gasteiger partial charge >= 0.3 is 0 Å². The topological polar surface area (TPSA) is 67.5 Å². The quantitative estimate of drug-likeness (QED) is 0.868. The molecule has 15 heavy (non-hydrogen) atoms. The second kappa shape index (κ2) is 5.01. The summed E-state index contributed by atoms with van der Waals surface area (Å²) < 4.78 is 26.5. The van der Waals surface area contributed by atoms with Gasteiger partial charge < -0.3 is 9.52 Å². The van der Waals surface area contributed by atoms with Crippen molar-refractivity contribution in [3.8, 4) is 0 Å². The van der Waals surface area contributed by atoms with Crippen molar-refractivity contribution in [1.82, 2.24) is 0 Å². The van der Waals surface area contributed by atoms with Crippen molar-refractivity contribution >= 4 is 21.4 Å². The van der Waals surface area contributed by atoms with Gasteiger partial charge in [0, 0.05) is 17.6 Å². The first-order valence-electron chi connectivity index (χ1n) is 4.49. The maximum atomic E-state index is 10.8. The Balaban J connectivity index is 2.44. The lowest BCUT2D eigenvalue weighted by atomic mass is 10.1. The molecule has 0 saturated heterocycles. The third-order valence-electron chi connectivity index (χ3n) is 2.00. The fourth-order valence-corrected chi connectivity index (χ4v) is 2.17. The lowest BCUT2D eigenvalue weighted by Crippen LogP contribution is -2.05. The van der Waals surface area contributed by atoms with E-state index in [1.54, 1.807) is 6.07 Å². The molecule has 1 N–H and O–H groups in total. The Morgan fingerprint density at radius 3 is 2.73 bits per heavy atom. The largest absolute Gasteiger partial charge is 0.453 e. The van der Waals surface area contributed by atoms with Crippen LogP contribution in [0.2, 0.25) is 5.22 Å². The molecule has 1 heterocycles. The van der Waals surface area contributed by atoms with Crippen molar-refractivity contribution in [2.75, 3.05) is 12.0 Å². The number of aliphatic hydroxyl groups is 1. The Hall–Kier alpha value is -0.520. The lowest BCUT2D eigenvalue weighted by molar-refractivity contribution is 0.166. The molecule has 0 spiro atoms. The molecular formula is C9H13ClO4S. The second-order valence-electron chi connectivity index (χ2n) is 3.44. The van der Waals surface area contributed by atoms with Crippen LogP contribution in [-0.4, -0.2) is 25.5 Å². The third kappa shape index (κ3) is 4.24. The number of aliphatic hydroxyl groups excluding tert-OH is 1. The molecule has 0 fully saturated rings. The zero-order valence-electron chi connectivity index (χ0n) is 8.31. The van der Waals surface area contributed by atoms with E-state index in [4.69, 9.17) is 16.0 Å². The predicted octanol–water partition coefficient (Wildman–Crippen LogP) is 1.79. The van der Waals surface area contributed by atoms with Crippen LogP contribution in [0.3, 0.4) is 0 Å². The average Bonchev–Trinajstić information content (AvgIpc) is 2.48. The average molecular weight is 253 g/mol. The molecule has 6 heteroatoms. The van der Waals surface area contributed by atoms with Crippen molar-refractivity contribution in [2.45, 2.75) is 18.9 Å². The van der Waals surface area contributed by atoms with Gasteiger partial charge in [-0.2, -0.15) is 0 Å². The molecule has 0 aliphatic heterocycles. The minimum atomic E-state index is -2.97. The smallest absolute Gasteiger partial charge is 0.198 e. The van der Waals surface area contributed by atoms with Crippen molar-refractivity contribution in [2.24, 2.45) is 0 Å². The maximum Gasteiger partial charge on any atom is 0.198 e. The molecule has 0 aliphatic carbocycles. The number of halogens is 1. The van der Waals surface area contributed by atoms with Gasteiger partial charge in [-0.1, -0.05) is 0 Å². The van der Waals surface area contributed by atoms with Crippen LogP contribution in [0.4, 0.5) is 0 Å². The fraction of sp³-hybridized carbons (Fsp3) is 0.556. The van der Waals surface area contributed by atoms with Crippen LogP contribution in [0, 0.1) is 0 Å². The molecule has 0 saturated carbocycles. The van der Waals surface area contributed by atoms with E-state index in [2.05, 4.69) is 0 Å². The molecule has 0 bridgehead atoms. The highest BCUT2D eigenvalue weighted by Gasteiger charge is 2.14. The molecule has 0 aromatic carbocycles. The maximum absolute atomic E-state index is 10.8. The van der Waals surface area contributed by atoms with Crippen molar-refractivity contribution in [3.63, 3.8) is 0 Å². The van der Waals surface area contributed by atoms with E-state index in [9.17, 15) is 13.5 Å². The van der Waals surface area contributed by atoms with Crippen LogP contribution in [0.1, 0.15) is 24.5 Å². The highest BCUT2D eigenvalue weighted by molar-refractivity contribution is 7.90. The molecular weight excluding hydrogens is 240 g/mol. The summed E-state index contributed by atoms with van der Waals surface area (Å²) in [4.78, 5) is 0. The number of sulfone groups is 1. The summed E-state index contributed by atoms with van der Waals surface area (Å²) in [6.07, 6.45) is 2.55. The normalized spacial score (nSPS) is 14.1. The fourth-order valence-electron chi connectivity index (χ4n) is 1.24. The summed E-state index contributed by atoms with van der Waals surface area (Å²) in [6, 6.07) is 1.58. The van der Waals surface area contributed by atoms with E-state index in [-0.39, 0.29) is 11.0 Å². The van der Waals surface area contributed by atoms with Gasteiger partial charge in [-0.05, 0) is 30.5 Å². The molecule has 86 valence electrons. The lowest BCUT2D eigenvalue weighted by Gasteiger charge is -2.07. The minimum Gasteiger partial charge on any atom is -0.453 e. The minimum absolute atomic E-state index is 0.0690. The number of rotatable bonds is 5. The van der Waals surface area contributed by atoms with Crippen LogP contribution >= 0.6 is 11.6 Å². The van der Waals surface area contributed by atoms with Gasteiger partial charge in [0.25, 0.3) is 0 Å². The molecule has 1 rings (SSSR count). The first-order chi connectivity index (χ1) is 6.90. The first-order valence-corrected chi connectivity index (χ1v) is 6.92. The van der Waals surface area contributed by atoms with Crippen LogP contribution in [0.5, 0.6) is 0 Å². The monoisotopic (exact) mass is 252 g/mol. The molecule has 1 aromatic rings. The molecule has 1 atom stereocenters. The zero-order valence-corrected chi connectivity index (χ0v) is 9.88. The summed E-state index contributed by atoms with van der Waals surface area (Å²) in [7, 11) is -2.97. The van der Waals surface area contributed by atoms with Crippen LogP contribution < -0.4 is 0 Å². The van der Waals surface area contributed by atoms with Crippen LogP contribution in [-0.2, 0) is 9.84 Å². The van der Waals surface area contributed by atoms with Crippen molar-refractivity contribution in [1.29, 1.82) is 0 Å². The summed E-state index contributed by atoms with van der Waals surface area (Å²) in [6.45, 7) is 0. The van der Waals surface area contributed by atoms with Gasteiger partial charge in [0.15, 0.2) is 5.22 Å². The molecule has 1 aromatic heterocycles. The van der Waals surface area contributed by atoms with Gasteiger partial charge in [0.05, 0.1) is 12.4 Å². The van der Waals surface area contributed by atoms with Gasteiger partial charge in [-0.25, -0.2) is 8.42 Å². The van der Waals surface area contributed by atoms with Gasteiger partial charge in [0.2, 0.25) is 0 Å². The van der Waals surface area contributed by atoms with Crippen LogP contribution in [0.25, 0.3) is 0 Å². The first kappa shape index (κ1) is 12.5. The predicted molar refractivity (Wildman–Crippen MR) is 57.6 cm³/mol. The standard InChI is InChI=1S/C9H13ClO4S/c1-15(12,13)6-2-3-8(11)7-4-5-14-9(7)10/h4-5,8,11H,2-3,6H2,1H3. The van der Waals surface area contributed by atoms with E-state index in [1.165, 1.54) is 12.5 Å². The molecule has 4 nitrogen and oxygen atoms in total. The van der Waals surface area contributed by atoms with Crippen LogP contribution in [0.15, 0.2) is 16.7 Å². The Kier molecular flexibility index (Phi) is 4.19. The Labute approximate surface area is 93.8 Å². The van der Waals surface area contributed by atoms with E-state index in [1.807, 2.05) is 0 Å². The Morgan fingerprint density at radius 1 is 1.60 bits per heavy atom. The molecule has 0 amide bonds. The molecule has 0 aliphatic rings. The van der Waals surface area contributed by atoms with Gasteiger partial charge in [-0.15, -0.1) is 0 Å². The second-order valence-corrected chi connectivity index (χ2v) is 6.04. The summed E-state index contributed by atoms with van der Waals surface area (Å²) >= 11 is 5.66. The summed E-state index contributed by atoms with van der Waals surface area (Å²) in [5.41, 5.74) is 0.505.